The quantitative estimate of drug-likeness (QED) is 0.102. The summed E-state index contributed by atoms with van der Waals surface area (Å²) < 4.78 is 15.9. The predicted molar refractivity (Wildman–Crippen MR) is 165 cm³/mol. The number of methoxy groups -OCH3 is 1. The summed E-state index contributed by atoms with van der Waals surface area (Å²) in [6, 6.07) is 13.6. The zero-order valence-corrected chi connectivity index (χ0v) is 25.9. The molecule has 1 aliphatic rings. The molecule has 3 unspecified atom stereocenters. The minimum Gasteiger partial charge on any atom is -0.491 e. The minimum absolute atomic E-state index is 0.0237. The summed E-state index contributed by atoms with van der Waals surface area (Å²) in [5, 5.41) is 36.6. The van der Waals surface area contributed by atoms with Crippen LogP contribution >= 0.6 is 0 Å². The molecule has 0 fully saturated rings. The first kappa shape index (κ1) is 35.2. The molecule has 14 heteroatoms. The summed E-state index contributed by atoms with van der Waals surface area (Å²) in [5.41, 5.74) is 6.34. The highest BCUT2D eigenvalue weighted by molar-refractivity contribution is 6.00. The number of amides is 1. The van der Waals surface area contributed by atoms with Crippen molar-refractivity contribution in [2.75, 3.05) is 26.9 Å². The summed E-state index contributed by atoms with van der Waals surface area (Å²) in [6.45, 7) is 5.12. The Labute approximate surface area is 266 Å². The van der Waals surface area contributed by atoms with E-state index in [-0.39, 0.29) is 71.8 Å². The molecule has 0 spiro atoms. The van der Waals surface area contributed by atoms with Gasteiger partial charge in [0.1, 0.15) is 36.8 Å². The van der Waals surface area contributed by atoms with Crippen LogP contribution in [-0.2, 0) is 30.3 Å². The third kappa shape index (κ3) is 8.90. The molecule has 5 N–H and O–H groups in total. The van der Waals surface area contributed by atoms with Gasteiger partial charge in [-0.15, -0.1) is 0 Å². The Bertz CT molecular complexity index is 1560. The van der Waals surface area contributed by atoms with Crippen LogP contribution in [0.4, 0.5) is 5.69 Å². The molecule has 14 nitrogen and oxygen atoms in total. The molecular weight excluding hydrogens is 598 g/mol. The van der Waals surface area contributed by atoms with Crippen molar-refractivity contribution in [1.82, 2.24) is 10.6 Å². The van der Waals surface area contributed by atoms with Gasteiger partial charge in [-0.2, -0.15) is 5.26 Å². The maximum Gasteiger partial charge on any atom is 0.337 e. The molecular formula is C32H37N5O9. The number of hydrogen-bond acceptors (Lipinski definition) is 12. The average Bonchev–Trinajstić information content (AvgIpc) is 3.04. The van der Waals surface area contributed by atoms with Crippen molar-refractivity contribution in [2.45, 2.75) is 45.3 Å². The number of ether oxygens (including phenoxy) is 3. The Morgan fingerprint density at radius 1 is 1.15 bits per heavy atom. The molecule has 1 aliphatic heterocycles. The van der Waals surface area contributed by atoms with Gasteiger partial charge in [-0.3, -0.25) is 14.9 Å². The van der Waals surface area contributed by atoms with Gasteiger partial charge in [0.2, 0.25) is 5.91 Å². The van der Waals surface area contributed by atoms with E-state index in [0.29, 0.717) is 11.3 Å². The van der Waals surface area contributed by atoms with Gasteiger partial charge in [0.15, 0.2) is 0 Å². The number of aliphatic hydroxyl groups is 1. The first-order valence-corrected chi connectivity index (χ1v) is 14.4. The van der Waals surface area contributed by atoms with Gasteiger partial charge >= 0.3 is 11.9 Å². The molecule has 244 valence electrons. The fourth-order valence-corrected chi connectivity index (χ4v) is 4.77. The first-order valence-electron chi connectivity index (χ1n) is 14.4. The number of carbonyl (C=O) groups is 3. The lowest BCUT2D eigenvalue weighted by molar-refractivity contribution is -0.384. The second-order valence-corrected chi connectivity index (χ2v) is 10.8. The number of dihydropyridines is 1. The maximum atomic E-state index is 13.3. The van der Waals surface area contributed by atoms with Gasteiger partial charge in [-0.25, -0.2) is 9.59 Å². The highest BCUT2D eigenvalue weighted by atomic mass is 16.6. The number of hydrogen-bond donors (Lipinski definition) is 4. The number of rotatable bonds is 14. The molecule has 3 atom stereocenters. The number of nitriles is 1. The molecule has 2 aromatic rings. The zero-order chi connectivity index (χ0) is 34.0. The van der Waals surface area contributed by atoms with Crippen molar-refractivity contribution < 1.29 is 38.6 Å². The molecule has 0 aromatic heterocycles. The monoisotopic (exact) mass is 635 g/mol. The molecule has 0 aliphatic carbocycles. The summed E-state index contributed by atoms with van der Waals surface area (Å²) in [4.78, 5) is 49.4. The largest absolute Gasteiger partial charge is 0.491 e. The smallest absolute Gasteiger partial charge is 0.337 e. The zero-order valence-electron chi connectivity index (χ0n) is 25.9. The van der Waals surface area contributed by atoms with Crippen LogP contribution in [0.5, 0.6) is 5.75 Å². The number of nitro benzene ring substituents is 1. The van der Waals surface area contributed by atoms with Crippen LogP contribution in [0, 0.1) is 27.4 Å². The third-order valence-corrected chi connectivity index (χ3v) is 7.29. The number of carbonyl (C=O) groups excluding carboxylic acids is 3. The Kier molecular flexibility index (Phi) is 12.4. The highest BCUT2D eigenvalue weighted by Gasteiger charge is 2.39. The second kappa shape index (κ2) is 16.2. The Morgan fingerprint density at radius 3 is 2.46 bits per heavy atom. The molecule has 1 amide bonds. The van der Waals surface area contributed by atoms with E-state index in [4.69, 9.17) is 19.9 Å². The Hall–Kier alpha value is -5.26. The molecule has 0 saturated carbocycles. The number of benzene rings is 2. The SMILES string of the molecule is COC(=O)C1=C(C#N)NC(C)=C(C(=O)OCCNC(=O)Cc2ccc(OCC(O)C(N)C(C)C)cc2)C1c1cccc([N+](=O)[O-])c1. The predicted octanol–water partition coefficient (Wildman–Crippen LogP) is 2.13. The average molecular weight is 636 g/mol. The third-order valence-electron chi connectivity index (χ3n) is 7.29. The topological polar surface area (TPSA) is 216 Å². The van der Waals surface area contributed by atoms with E-state index < -0.39 is 34.9 Å². The fraction of sp³-hybridized carbons (Fsp3) is 0.375. The van der Waals surface area contributed by atoms with Gasteiger partial charge in [0.25, 0.3) is 5.69 Å². The van der Waals surface area contributed by atoms with Crippen molar-refractivity contribution >= 4 is 23.5 Å². The van der Waals surface area contributed by atoms with E-state index in [1.807, 2.05) is 19.9 Å². The van der Waals surface area contributed by atoms with Crippen LogP contribution in [0.3, 0.4) is 0 Å². The van der Waals surface area contributed by atoms with Crippen molar-refractivity contribution in [2.24, 2.45) is 11.7 Å². The van der Waals surface area contributed by atoms with Crippen molar-refractivity contribution in [3.8, 4) is 11.8 Å². The summed E-state index contributed by atoms with van der Waals surface area (Å²) >= 11 is 0. The number of esters is 2. The first-order chi connectivity index (χ1) is 21.9. The second-order valence-electron chi connectivity index (χ2n) is 10.8. The van der Waals surface area contributed by atoms with Crippen LogP contribution in [0.15, 0.2) is 71.1 Å². The van der Waals surface area contributed by atoms with E-state index in [1.54, 1.807) is 24.3 Å². The van der Waals surface area contributed by atoms with Gasteiger partial charge < -0.3 is 35.7 Å². The lowest BCUT2D eigenvalue weighted by Crippen LogP contribution is -2.42. The summed E-state index contributed by atoms with van der Waals surface area (Å²) in [6.07, 6.45) is -0.774. The molecule has 0 bridgehead atoms. The molecule has 0 radical (unpaired) electrons. The number of nitro groups is 1. The lowest BCUT2D eigenvalue weighted by atomic mass is 9.80. The van der Waals surface area contributed by atoms with Crippen molar-refractivity contribution in [1.29, 1.82) is 5.26 Å². The molecule has 46 heavy (non-hydrogen) atoms. The fourth-order valence-electron chi connectivity index (χ4n) is 4.77. The standard InChI is InChI=1S/C32H37N5O9/c1-18(2)30(34)25(38)17-46-23-10-8-20(9-11-23)14-26(39)35-12-13-45-32(41)27-19(3)36-24(16-33)29(31(40)44-4)28(27)21-6-5-7-22(15-21)37(42)43/h5-11,15,18,25,28,30,36,38H,12-14,17,34H2,1-4H3,(H,35,39). The Morgan fingerprint density at radius 2 is 1.85 bits per heavy atom. The number of nitrogens with two attached hydrogens (primary N) is 1. The van der Waals surface area contributed by atoms with Crippen LogP contribution < -0.4 is 21.1 Å². The Balaban J connectivity index is 1.62. The highest BCUT2D eigenvalue weighted by Crippen LogP contribution is 2.40. The van der Waals surface area contributed by atoms with E-state index >= 15 is 0 Å². The lowest BCUT2D eigenvalue weighted by Gasteiger charge is -2.29. The van der Waals surface area contributed by atoms with Crippen molar-refractivity contribution in [3.05, 3.63) is 92.3 Å². The number of nitrogens with one attached hydrogen (secondary N) is 2. The molecule has 3 rings (SSSR count). The van der Waals surface area contributed by atoms with Gasteiger partial charge in [-0.1, -0.05) is 38.1 Å². The van der Waals surface area contributed by atoms with E-state index in [2.05, 4.69) is 10.6 Å². The van der Waals surface area contributed by atoms with Crippen LogP contribution in [0.2, 0.25) is 0 Å². The van der Waals surface area contributed by atoms with E-state index in [9.17, 15) is 34.9 Å². The normalized spacial score (nSPS) is 15.7. The maximum absolute atomic E-state index is 13.3. The number of nitrogens with zero attached hydrogens (tertiary/aromatic N) is 2. The van der Waals surface area contributed by atoms with Crippen molar-refractivity contribution in [3.63, 3.8) is 0 Å². The number of aliphatic hydroxyl groups excluding tert-OH is 1. The van der Waals surface area contributed by atoms with E-state index in [1.165, 1.54) is 31.2 Å². The van der Waals surface area contributed by atoms with Gasteiger partial charge in [-0.05, 0) is 36.1 Å². The van der Waals surface area contributed by atoms with E-state index in [0.717, 1.165) is 7.11 Å². The van der Waals surface area contributed by atoms with Gasteiger partial charge in [0.05, 0.1) is 42.1 Å². The van der Waals surface area contributed by atoms with Crippen LogP contribution in [-0.4, -0.2) is 66.9 Å². The van der Waals surface area contributed by atoms with Crippen LogP contribution in [0.25, 0.3) is 0 Å². The minimum atomic E-state index is -1.20. The number of non-ortho nitro benzene ring substituents is 1. The molecule has 0 saturated heterocycles. The summed E-state index contributed by atoms with van der Waals surface area (Å²) in [7, 11) is 1.11. The molecule has 1 heterocycles. The van der Waals surface area contributed by atoms with Gasteiger partial charge in [0, 0.05) is 23.9 Å². The van der Waals surface area contributed by atoms with Crippen LogP contribution in [0.1, 0.15) is 37.8 Å². The molecule has 2 aromatic carbocycles. The summed E-state index contributed by atoms with van der Waals surface area (Å²) in [5.74, 6) is -2.68. The number of allylic oxidation sites excluding steroid dienone is 2.